The van der Waals surface area contributed by atoms with E-state index in [0.717, 1.165) is 34.9 Å². The van der Waals surface area contributed by atoms with E-state index in [2.05, 4.69) is 16.9 Å². The summed E-state index contributed by atoms with van der Waals surface area (Å²) in [6.07, 6.45) is 4.25. The molecule has 0 aliphatic heterocycles. The van der Waals surface area contributed by atoms with Gasteiger partial charge in [0.25, 0.3) is 0 Å². The van der Waals surface area contributed by atoms with E-state index < -0.39 is 0 Å². The molecule has 0 unspecified atom stereocenters. The number of nitrogens with two attached hydrogens (primary N) is 1. The lowest BCUT2D eigenvalue weighted by Crippen LogP contribution is -2.02. The van der Waals surface area contributed by atoms with Crippen molar-refractivity contribution in [1.82, 2.24) is 9.97 Å². The molecule has 4 nitrogen and oxygen atoms in total. The molecule has 0 aromatic carbocycles. The number of ether oxygens (including phenoxy) is 1. The number of aryl methyl sites for hydroxylation is 2. The molecule has 94 valence electrons. The van der Waals surface area contributed by atoms with Crippen LogP contribution in [0.2, 0.25) is 0 Å². The third-order valence-electron chi connectivity index (χ3n) is 2.71. The van der Waals surface area contributed by atoms with E-state index in [-0.39, 0.29) is 0 Å². The van der Waals surface area contributed by atoms with E-state index >= 15 is 0 Å². The van der Waals surface area contributed by atoms with Gasteiger partial charge >= 0.3 is 0 Å². The van der Waals surface area contributed by atoms with Crippen LogP contribution in [0.1, 0.15) is 23.9 Å². The Morgan fingerprint density at radius 2 is 2.06 bits per heavy atom. The monoisotopic (exact) mass is 243 g/mol. The van der Waals surface area contributed by atoms with Gasteiger partial charge in [0.1, 0.15) is 11.5 Å². The Morgan fingerprint density at radius 3 is 2.78 bits per heavy atom. The molecular formula is C14H17N3O. The van der Waals surface area contributed by atoms with Gasteiger partial charge in [0, 0.05) is 30.2 Å². The maximum Gasteiger partial charge on any atom is 0.148 e. The van der Waals surface area contributed by atoms with Gasteiger partial charge in [-0.05, 0) is 31.5 Å². The quantitative estimate of drug-likeness (QED) is 0.896. The van der Waals surface area contributed by atoms with Crippen LogP contribution in [-0.4, -0.2) is 9.97 Å². The Hall–Kier alpha value is -1.94. The van der Waals surface area contributed by atoms with Gasteiger partial charge < -0.3 is 10.5 Å². The molecule has 0 aliphatic carbocycles. The molecule has 0 radical (unpaired) electrons. The number of hydrogen-bond donors (Lipinski definition) is 1. The third kappa shape index (κ3) is 2.65. The third-order valence-corrected chi connectivity index (χ3v) is 2.71. The van der Waals surface area contributed by atoms with Gasteiger partial charge in [-0.25, -0.2) is 0 Å². The predicted octanol–water partition coefficient (Wildman–Crippen LogP) is 2.60. The van der Waals surface area contributed by atoms with Crippen molar-refractivity contribution in [2.75, 3.05) is 0 Å². The highest BCUT2D eigenvalue weighted by molar-refractivity contribution is 5.38. The summed E-state index contributed by atoms with van der Waals surface area (Å²) in [5, 5.41) is 0. The highest BCUT2D eigenvalue weighted by atomic mass is 16.5. The standard InChI is InChI=1S/C14H17N3O/c1-3-12-14(5-4-10(2)17-12)18-13-6-7-16-9-11(13)8-15/h4-7,9H,3,8,15H2,1-2H3. The van der Waals surface area contributed by atoms with Crippen molar-refractivity contribution < 1.29 is 4.74 Å². The zero-order valence-corrected chi connectivity index (χ0v) is 10.7. The van der Waals surface area contributed by atoms with Crippen molar-refractivity contribution in [2.45, 2.75) is 26.8 Å². The first-order valence-corrected chi connectivity index (χ1v) is 6.02. The first-order valence-electron chi connectivity index (χ1n) is 6.02. The zero-order valence-electron chi connectivity index (χ0n) is 10.7. The van der Waals surface area contributed by atoms with E-state index in [9.17, 15) is 0 Å². The Kier molecular flexibility index (Phi) is 3.89. The van der Waals surface area contributed by atoms with Crippen molar-refractivity contribution in [1.29, 1.82) is 0 Å². The van der Waals surface area contributed by atoms with E-state index in [4.69, 9.17) is 10.5 Å². The topological polar surface area (TPSA) is 61.0 Å². The van der Waals surface area contributed by atoms with Crippen molar-refractivity contribution in [3.8, 4) is 11.5 Å². The van der Waals surface area contributed by atoms with Crippen molar-refractivity contribution in [2.24, 2.45) is 5.73 Å². The summed E-state index contributed by atoms with van der Waals surface area (Å²) in [4.78, 5) is 8.51. The summed E-state index contributed by atoms with van der Waals surface area (Å²) in [5.74, 6) is 1.52. The molecule has 0 atom stereocenters. The molecule has 0 spiro atoms. The lowest BCUT2D eigenvalue weighted by molar-refractivity contribution is 0.466. The molecule has 2 aromatic rings. The second-order valence-corrected chi connectivity index (χ2v) is 4.04. The molecule has 4 heteroatoms. The molecule has 2 rings (SSSR count). The molecule has 18 heavy (non-hydrogen) atoms. The van der Waals surface area contributed by atoms with Gasteiger partial charge in [0.05, 0.1) is 5.69 Å². The molecule has 2 N–H and O–H groups in total. The number of pyridine rings is 2. The molecule has 0 fully saturated rings. The van der Waals surface area contributed by atoms with Crippen LogP contribution in [-0.2, 0) is 13.0 Å². The van der Waals surface area contributed by atoms with Gasteiger partial charge in [-0.3, -0.25) is 9.97 Å². The fourth-order valence-corrected chi connectivity index (χ4v) is 1.73. The molecule has 2 heterocycles. The zero-order chi connectivity index (χ0) is 13.0. The minimum atomic E-state index is 0.407. The van der Waals surface area contributed by atoms with Crippen LogP contribution in [0, 0.1) is 6.92 Å². The highest BCUT2D eigenvalue weighted by Gasteiger charge is 2.08. The van der Waals surface area contributed by atoms with Gasteiger partial charge in [0.2, 0.25) is 0 Å². The summed E-state index contributed by atoms with van der Waals surface area (Å²) < 4.78 is 5.89. The van der Waals surface area contributed by atoms with Crippen LogP contribution in [0.4, 0.5) is 0 Å². The summed E-state index contributed by atoms with van der Waals surface area (Å²) >= 11 is 0. The lowest BCUT2D eigenvalue weighted by Gasteiger charge is -2.12. The van der Waals surface area contributed by atoms with Gasteiger partial charge in [0.15, 0.2) is 0 Å². The number of aromatic nitrogens is 2. The van der Waals surface area contributed by atoms with Crippen molar-refractivity contribution in [3.63, 3.8) is 0 Å². The minimum Gasteiger partial charge on any atom is -0.455 e. The van der Waals surface area contributed by atoms with Crippen LogP contribution in [0.25, 0.3) is 0 Å². The molecule has 0 aliphatic rings. The smallest absolute Gasteiger partial charge is 0.148 e. The number of hydrogen-bond acceptors (Lipinski definition) is 4. The predicted molar refractivity (Wildman–Crippen MR) is 70.6 cm³/mol. The Bertz CT molecular complexity index is 540. The van der Waals surface area contributed by atoms with E-state index in [1.807, 2.05) is 25.1 Å². The molecule has 2 aromatic heterocycles. The molecule has 0 amide bonds. The van der Waals surface area contributed by atoms with Crippen molar-refractivity contribution in [3.05, 3.63) is 47.5 Å². The summed E-state index contributed by atoms with van der Waals surface area (Å²) in [6, 6.07) is 5.71. The largest absolute Gasteiger partial charge is 0.455 e. The Balaban J connectivity index is 2.33. The SMILES string of the molecule is CCc1nc(C)ccc1Oc1ccncc1CN. The van der Waals surface area contributed by atoms with E-state index in [1.54, 1.807) is 12.4 Å². The maximum atomic E-state index is 5.89. The van der Waals surface area contributed by atoms with Gasteiger partial charge in [-0.1, -0.05) is 6.92 Å². The first-order chi connectivity index (χ1) is 8.74. The average molecular weight is 243 g/mol. The van der Waals surface area contributed by atoms with Crippen LogP contribution >= 0.6 is 0 Å². The normalized spacial score (nSPS) is 10.4. The Labute approximate surface area is 107 Å². The molecule has 0 saturated heterocycles. The summed E-state index contributed by atoms with van der Waals surface area (Å²) in [6.45, 7) is 4.44. The number of nitrogens with zero attached hydrogens (tertiary/aromatic N) is 2. The van der Waals surface area contributed by atoms with Crippen LogP contribution in [0.5, 0.6) is 11.5 Å². The van der Waals surface area contributed by atoms with E-state index in [0.29, 0.717) is 6.54 Å². The second-order valence-electron chi connectivity index (χ2n) is 4.04. The number of rotatable bonds is 4. The van der Waals surface area contributed by atoms with Crippen LogP contribution in [0.15, 0.2) is 30.6 Å². The first kappa shape index (κ1) is 12.5. The average Bonchev–Trinajstić information content (AvgIpc) is 2.41. The second kappa shape index (κ2) is 5.60. The van der Waals surface area contributed by atoms with E-state index in [1.165, 1.54) is 0 Å². The van der Waals surface area contributed by atoms with Gasteiger partial charge in [-0.15, -0.1) is 0 Å². The van der Waals surface area contributed by atoms with Gasteiger partial charge in [-0.2, -0.15) is 0 Å². The van der Waals surface area contributed by atoms with Crippen molar-refractivity contribution >= 4 is 0 Å². The maximum absolute atomic E-state index is 5.89. The fraction of sp³-hybridized carbons (Fsp3) is 0.286. The highest BCUT2D eigenvalue weighted by Crippen LogP contribution is 2.27. The Morgan fingerprint density at radius 1 is 1.22 bits per heavy atom. The minimum absolute atomic E-state index is 0.407. The molecule has 0 saturated carbocycles. The van der Waals surface area contributed by atoms with Crippen LogP contribution in [0.3, 0.4) is 0 Å². The fourth-order valence-electron chi connectivity index (χ4n) is 1.73. The summed E-state index contributed by atoms with van der Waals surface area (Å²) in [7, 11) is 0. The van der Waals surface area contributed by atoms with Crippen LogP contribution < -0.4 is 10.5 Å². The summed E-state index contributed by atoms with van der Waals surface area (Å²) in [5.41, 5.74) is 8.50. The molecule has 0 bridgehead atoms. The molecular weight excluding hydrogens is 226 g/mol. The lowest BCUT2D eigenvalue weighted by atomic mass is 10.2.